The number of carboxylic acid groups (broad SMARTS) is 1. The Morgan fingerprint density at radius 2 is 2.17 bits per heavy atom. The Kier molecular flexibility index (Phi) is 4.38. The highest BCUT2D eigenvalue weighted by atomic mass is 32.2. The Balaban J connectivity index is 3.07. The van der Waals surface area contributed by atoms with Crippen LogP contribution in [0, 0.1) is 11.3 Å². The number of rotatable bonds is 5. The van der Waals surface area contributed by atoms with Gasteiger partial charge in [0, 0.05) is 0 Å². The van der Waals surface area contributed by atoms with Crippen molar-refractivity contribution in [1.29, 1.82) is 5.26 Å². The maximum Gasteiger partial charge on any atom is 0.324 e. The van der Waals surface area contributed by atoms with Gasteiger partial charge < -0.3 is 10.2 Å². The number of nitriles is 1. The minimum absolute atomic E-state index is 0.133. The number of aliphatic hydroxyl groups excluding tert-OH is 1. The molecule has 1 unspecified atom stereocenters. The van der Waals surface area contributed by atoms with Crippen molar-refractivity contribution < 1.29 is 23.4 Å². The molecule has 1 atom stereocenters. The zero-order valence-electron chi connectivity index (χ0n) is 9.07. The summed E-state index contributed by atoms with van der Waals surface area (Å²) in [6, 6.07) is 5.26. The van der Waals surface area contributed by atoms with E-state index in [-0.39, 0.29) is 10.5 Å². The summed E-state index contributed by atoms with van der Waals surface area (Å²) in [7, 11) is -4.09. The maximum absolute atomic E-state index is 11.8. The lowest BCUT2D eigenvalue weighted by Crippen LogP contribution is -2.43. The molecule has 0 amide bonds. The number of nitrogens with one attached hydrogen (secondary N) is 1. The summed E-state index contributed by atoms with van der Waals surface area (Å²) in [5.74, 6) is -1.49. The molecule has 0 heterocycles. The zero-order valence-corrected chi connectivity index (χ0v) is 9.88. The number of nitrogens with zero attached hydrogens (tertiary/aromatic N) is 1. The lowest BCUT2D eigenvalue weighted by molar-refractivity contribution is -0.139. The molecule has 0 fully saturated rings. The molecule has 0 aliphatic carbocycles. The highest BCUT2D eigenvalue weighted by Gasteiger charge is 2.24. The van der Waals surface area contributed by atoms with Gasteiger partial charge in [0.15, 0.2) is 0 Å². The topological polar surface area (TPSA) is 127 Å². The predicted molar refractivity (Wildman–Crippen MR) is 60.0 cm³/mol. The van der Waals surface area contributed by atoms with E-state index in [1.807, 2.05) is 4.72 Å². The molecule has 8 heteroatoms. The highest BCUT2D eigenvalue weighted by Crippen LogP contribution is 2.11. The molecule has 0 spiro atoms. The lowest BCUT2D eigenvalue weighted by atomic mass is 10.2. The Hall–Kier alpha value is -1.95. The number of aliphatic hydroxyl groups is 1. The van der Waals surface area contributed by atoms with Crippen LogP contribution < -0.4 is 4.72 Å². The second-order valence-corrected chi connectivity index (χ2v) is 5.05. The largest absolute Gasteiger partial charge is 0.480 e. The normalized spacial score (nSPS) is 12.7. The molecule has 0 radical (unpaired) electrons. The molecule has 0 saturated carbocycles. The molecule has 0 aliphatic heterocycles. The van der Waals surface area contributed by atoms with Gasteiger partial charge in [0.25, 0.3) is 0 Å². The Morgan fingerprint density at radius 1 is 1.50 bits per heavy atom. The first-order valence-corrected chi connectivity index (χ1v) is 6.25. The summed E-state index contributed by atoms with van der Waals surface area (Å²) < 4.78 is 25.4. The Bertz CT molecular complexity index is 591. The van der Waals surface area contributed by atoms with Crippen LogP contribution in [-0.2, 0) is 14.8 Å². The maximum atomic E-state index is 11.8. The van der Waals surface area contributed by atoms with Crippen LogP contribution in [-0.4, -0.2) is 37.2 Å². The van der Waals surface area contributed by atoms with E-state index in [0.29, 0.717) is 0 Å². The summed E-state index contributed by atoms with van der Waals surface area (Å²) in [6.07, 6.45) is 0. The third-order valence-corrected chi connectivity index (χ3v) is 3.52. The third kappa shape index (κ3) is 3.27. The molecule has 1 aromatic carbocycles. The Labute approximate surface area is 103 Å². The van der Waals surface area contributed by atoms with E-state index in [1.54, 1.807) is 6.07 Å². The van der Waals surface area contributed by atoms with Gasteiger partial charge in [0.05, 0.1) is 23.1 Å². The predicted octanol–water partition coefficient (Wildman–Crippen LogP) is -0.718. The quantitative estimate of drug-likeness (QED) is 0.648. The molecular formula is C10H10N2O5S. The van der Waals surface area contributed by atoms with E-state index >= 15 is 0 Å². The van der Waals surface area contributed by atoms with Crippen LogP contribution in [0.15, 0.2) is 29.2 Å². The molecule has 1 aromatic rings. The number of carbonyl (C=O) groups is 1. The van der Waals surface area contributed by atoms with Gasteiger partial charge >= 0.3 is 5.97 Å². The minimum atomic E-state index is -4.09. The van der Waals surface area contributed by atoms with E-state index in [9.17, 15) is 13.2 Å². The molecule has 3 N–H and O–H groups in total. The SMILES string of the molecule is N#Cc1cccc(S(=O)(=O)NC(CO)C(=O)O)c1. The van der Waals surface area contributed by atoms with Crippen molar-refractivity contribution in [2.75, 3.05) is 6.61 Å². The molecule has 18 heavy (non-hydrogen) atoms. The molecule has 7 nitrogen and oxygen atoms in total. The van der Waals surface area contributed by atoms with Crippen LogP contribution >= 0.6 is 0 Å². The van der Waals surface area contributed by atoms with Crippen molar-refractivity contribution in [2.24, 2.45) is 0 Å². The average molecular weight is 270 g/mol. The van der Waals surface area contributed by atoms with Crippen molar-refractivity contribution in [2.45, 2.75) is 10.9 Å². The third-order valence-electron chi connectivity index (χ3n) is 2.05. The van der Waals surface area contributed by atoms with Crippen LogP contribution in [0.3, 0.4) is 0 Å². The fourth-order valence-corrected chi connectivity index (χ4v) is 2.38. The van der Waals surface area contributed by atoms with Crippen LogP contribution in [0.2, 0.25) is 0 Å². The zero-order chi connectivity index (χ0) is 13.8. The second-order valence-electron chi connectivity index (χ2n) is 3.33. The van der Waals surface area contributed by atoms with Crippen LogP contribution in [0.1, 0.15) is 5.56 Å². The van der Waals surface area contributed by atoms with Gasteiger partial charge in [0.2, 0.25) is 10.0 Å². The molecule has 1 rings (SSSR count). The lowest BCUT2D eigenvalue weighted by Gasteiger charge is -2.12. The number of benzene rings is 1. The van der Waals surface area contributed by atoms with Gasteiger partial charge in [-0.25, -0.2) is 8.42 Å². The van der Waals surface area contributed by atoms with Crippen LogP contribution in [0.4, 0.5) is 0 Å². The first-order chi connectivity index (χ1) is 8.40. The number of carboxylic acids is 1. The fraction of sp³-hybridized carbons (Fsp3) is 0.200. The van der Waals surface area contributed by atoms with Gasteiger partial charge in [-0.15, -0.1) is 0 Å². The summed E-state index contributed by atoms with van der Waals surface area (Å²) in [6.45, 7) is -0.869. The Morgan fingerprint density at radius 3 is 2.67 bits per heavy atom. The van der Waals surface area contributed by atoms with E-state index in [4.69, 9.17) is 15.5 Å². The van der Waals surface area contributed by atoms with Crippen molar-refractivity contribution in [3.8, 4) is 6.07 Å². The van der Waals surface area contributed by atoms with Gasteiger partial charge in [-0.3, -0.25) is 4.79 Å². The molecule has 0 aromatic heterocycles. The van der Waals surface area contributed by atoms with E-state index in [0.717, 1.165) is 6.07 Å². The molecule has 96 valence electrons. The van der Waals surface area contributed by atoms with E-state index in [1.165, 1.54) is 18.2 Å². The standard InChI is InChI=1S/C10H10N2O5S/c11-5-7-2-1-3-8(4-7)18(16,17)12-9(6-13)10(14)15/h1-4,9,12-13H,6H2,(H,14,15). The van der Waals surface area contributed by atoms with Gasteiger partial charge in [-0.2, -0.15) is 9.98 Å². The molecule has 0 bridgehead atoms. The van der Waals surface area contributed by atoms with Crippen molar-refractivity contribution >= 4 is 16.0 Å². The van der Waals surface area contributed by atoms with Crippen LogP contribution in [0.5, 0.6) is 0 Å². The van der Waals surface area contributed by atoms with Crippen molar-refractivity contribution in [3.05, 3.63) is 29.8 Å². The molecular weight excluding hydrogens is 260 g/mol. The monoisotopic (exact) mass is 270 g/mol. The number of hydrogen-bond acceptors (Lipinski definition) is 5. The average Bonchev–Trinajstić information content (AvgIpc) is 2.35. The smallest absolute Gasteiger partial charge is 0.324 e. The van der Waals surface area contributed by atoms with Gasteiger partial charge in [0.1, 0.15) is 6.04 Å². The number of sulfonamides is 1. The first kappa shape index (κ1) is 14.1. The van der Waals surface area contributed by atoms with Crippen molar-refractivity contribution in [3.63, 3.8) is 0 Å². The van der Waals surface area contributed by atoms with E-state index in [2.05, 4.69) is 0 Å². The number of aliphatic carboxylic acids is 1. The summed E-state index contributed by atoms with van der Waals surface area (Å²) in [5.41, 5.74) is 0.133. The highest BCUT2D eigenvalue weighted by molar-refractivity contribution is 7.89. The van der Waals surface area contributed by atoms with Gasteiger partial charge in [-0.05, 0) is 18.2 Å². The number of hydrogen-bond donors (Lipinski definition) is 3. The fourth-order valence-electron chi connectivity index (χ4n) is 1.15. The second kappa shape index (κ2) is 5.59. The summed E-state index contributed by atoms with van der Waals surface area (Å²) in [5, 5.41) is 26.0. The van der Waals surface area contributed by atoms with Crippen LogP contribution in [0.25, 0.3) is 0 Å². The molecule has 0 aliphatic rings. The molecule has 0 saturated heterocycles. The van der Waals surface area contributed by atoms with Gasteiger partial charge in [-0.1, -0.05) is 6.07 Å². The van der Waals surface area contributed by atoms with Crippen molar-refractivity contribution in [1.82, 2.24) is 4.72 Å². The van der Waals surface area contributed by atoms with E-state index < -0.39 is 28.6 Å². The minimum Gasteiger partial charge on any atom is -0.480 e. The summed E-state index contributed by atoms with van der Waals surface area (Å²) >= 11 is 0. The first-order valence-electron chi connectivity index (χ1n) is 4.77. The summed E-state index contributed by atoms with van der Waals surface area (Å²) in [4.78, 5) is 10.4.